The Morgan fingerprint density at radius 2 is 0.719 bits per heavy atom. The van der Waals surface area contributed by atoms with E-state index in [2.05, 4.69) is 79.9 Å². The molecule has 12 N–H and O–H groups in total. The third-order valence-electron chi connectivity index (χ3n) is 18.8. The van der Waals surface area contributed by atoms with E-state index in [0.717, 1.165) is 77.0 Å². The molecule has 3 saturated heterocycles. The van der Waals surface area contributed by atoms with Gasteiger partial charge in [-0.1, -0.05) is 279 Å². The number of carbonyl (C=O) groups is 1. The van der Waals surface area contributed by atoms with Crippen LogP contribution >= 0.6 is 0 Å². The predicted molar refractivity (Wildman–Crippen MR) is 378 cm³/mol. The van der Waals surface area contributed by atoms with E-state index >= 15 is 0 Å². The zero-order valence-electron chi connectivity index (χ0n) is 59.3. The van der Waals surface area contributed by atoms with Gasteiger partial charge in [0, 0.05) is 6.42 Å². The number of ether oxygens (including phenoxy) is 6. The third-order valence-corrected chi connectivity index (χ3v) is 18.8. The Kier molecular flexibility index (Phi) is 52.7. The van der Waals surface area contributed by atoms with E-state index in [4.69, 9.17) is 28.4 Å². The largest absolute Gasteiger partial charge is 0.394 e. The van der Waals surface area contributed by atoms with Crippen LogP contribution in [0.3, 0.4) is 0 Å². The van der Waals surface area contributed by atoms with Crippen LogP contribution in [-0.2, 0) is 33.2 Å². The summed E-state index contributed by atoms with van der Waals surface area (Å²) in [5.74, 6) is -0.274. The first kappa shape index (κ1) is 87.4. The molecule has 17 atom stereocenters. The van der Waals surface area contributed by atoms with Crippen molar-refractivity contribution in [3.8, 4) is 0 Å². The van der Waals surface area contributed by atoms with Crippen LogP contribution < -0.4 is 5.32 Å². The molecule has 0 spiro atoms. The molecule has 3 aliphatic heterocycles. The van der Waals surface area contributed by atoms with Gasteiger partial charge in [-0.2, -0.15) is 0 Å². The fourth-order valence-corrected chi connectivity index (χ4v) is 12.6. The Balaban J connectivity index is 1.28. The van der Waals surface area contributed by atoms with Gasteiger partial charge in [0.1, 0.15) is 73.2 Å². The van der Waals surface area contributed by atoms with Gasteiger partial charge in [0.15, 0.2) is 18.9 Å². The van der Waals surface area contributed by atoms with Crippen LogP contribution in [0.25, 0.3) is 0 Å². The normalized spacial score (nSPS) is 27.4. The van der Waals surface area contributed by atoms with Gasteiger partial charge >= 0.3 is 0 Å². The van der Waals surface area contributed by atoms with E-state index in [1.54, 1.807) is 6.08 Å². The second kappa shape index (κ2) is 57.8. The number of hydrogen-bond donors (Lipinski definition) is 12. The summed E-state index contributed by atoms with van der Waals surface area (Å²) >= 11 is 0. The number of unbranched alkanes of at least 4 members (excludes halogenated alkanes) is 33. The molecule has 0 aromatic heterocycles. The van der Waals surface area contributed by atoms with Crippen LogP contribution in [0, 0.1) is 0 Å². The minimum Gasteiger partial charge on any atom is -0.394 e. The summed E-state index contributed by atoms with van der Waals surface area (Å²) in [7, 11) is 0. The lowest BCUT2D eigenvalue weighted by molar-refractivity contribution is -0.379. The molecule has 0 aromatic carbocycles. The fraction of sp³-hybridized carbons (Fsp3) is 0.831. The molecule has 96 heavy (non-hydrogen) atoms. The summed E-state index contributed by atoms with van der Waals surface area (Å²) in [5.41, 5.74) is 0. The van der Waals surface area contributed by atoms with E-state index in [1.165, 1.54) is 173 Å². The molecule has 1 amide bonds. The van der Waals surface area contributed by atoms with Gasteiger partial charge in [-0.25, -0.2) is 0 Å². The minimum absolute atomic E-state index is 0.245. The zero-order chi connectivity index (χ0) is 69.6. The summed E-state index contributed by atoms with van der Waals surface area (Å²) in [5, 5.41) is 120. The quantitative estimate of drug-likeness (QED) is 0.0199. The number of rotatable bonds is 59. The lowest BCUT2D eigenvalue weighted by Gasteiger charge is -2.48. The highest BCUT2D eigenvalue weighted by atomic mass is 16.8. The lowest BCUT2D eigenvalue weighted by atomic mass is 9.96. The summed E-state index contributed by atoms with van der Waals surface area (Å²) in [4.78, 5) is 13.4. The van der Waals surface area contributed by atoms with Crippen LogP contribution in [0.15, 0.2) is 72.9 Å². The van der Waals surface area contributed by atoms with Gasteiger partial charge in [-0.15, -0.1) is 0 Å². The van der Waals surface area contributed by atoms with Crippen molar-refractivity contribution in [1.29, 1.82) is 0 Å². The second-order valence-electron chi connectivity index (χ2n) is 27.1. The lowest BCUT2D eigenvalue weighted by Crippen LogP contribution is -2.66. The van der Waals surface area contributed by atoms with Crippen LogP contribution in [0.1, 0.15) is 277 Å². The first-order valence-corrected chi connectivity index (χ1v) is 38.2. The number of aliphatic hydroxyl groups is 11. The highest BCUT2D eigenvalue weighted by Crippen LogP contribution is 2.33. The molecular weight excluding hydrogens is 1230 g/mol. The zero-order valence-corrected chi connectivity index (χ0v) is 59.3. The van der Waals surface area contributed by atoms with Gasteiger partial charge in [-0.3, -0.25) is 4.79 Å². The van der Waals surface area contributed by atoms with E-state index in [9.17, 15) is 61.0 Å². The topological polar surface area (TPSA) is 307 Å². The highest BCUT2D eigenvalue weighted by Gasteiger charge is 2.53. The molecule has 3 heterocycles. The van der Waals surface area contributed by atoms with Crippen molar-refractivity contribution in [2.24, 2.45) is 0 Å². The number of allylic oxidation sites excluding steroid dienone is 11. The first-order valence-electron chi connectivity index (χ1n) is 38.2. The number of nitrogens with one attached hydrogen (secondary N) is 1. The molecule has 19 nitrogen and oxygen atoms in total. The third kappa shape index (κ3) is 38.3. The molecular formula is C77H137NO18. The molecule has 17 unspecified atom stereocenters. The predicted octanol–water partition coefficient (Wildman–Crippen LogP) is 11.7. The van der Waals surface area contributed by atoms with Crippen molar-refractivity contribution in [2.45, 2.75) is 381 Å². The average Bonchev–Trinajstić information content (AvgIpc) is 0.787. The Labute approximate surface area is 578 Å². The molecule has 0 saturated carbocycles. The Morgan fingerprint density at radius 1 is 0.385 bits per heavy atom. The van der Waals surface area contributed by atoms with Crippen LogP contribution in [-0.4, -0.2) is 193 Å². The number of hydrogen-bond acceptors (Lipinski definition) is 18. The maximum atomic E-state index is 13.4. The molecule has 0 bridgehead atoms. The molecule has 19 heteroatoms. The SMILES string of the molecule is CC/C=C\C/C=C\C/C=C\C/C=C\C/C=C\CCCCCCCCCCCCCCCCCCCCCCCCCC(=O)NC(COC1OC(CO)C(OC2OC(CO)C(OC3OC(CO)C(O)C(O)C3O)C(O)C2O)C(O)C1O)C(O)/C=C/CCCCCCCCCCCC. The minimum atomic E-state index is -1.98. The molecule has 3 rings (SSSR count). The molecule has 558 valence electrons. The van der Waals surface area contributed by atoms with Gasteiger partial charge in [-0.05, 0) is 64.2 Å². The monoisotopic (exact) mass is 1360 g/mol. The molecule has 0 aliphatic carbocycles. The summed E-state index contributed by atoms with van der Waals surface area (Å²) < 4.78 is 34.3. The van der Waals surface area contributed by atoms with E-state index < -0.39 is 124 Å². The molecule has 3 aliphatic rings. The molecule has 0 radical (unpaired) electrons. The van der Waals surface area contributed by atoms with Gasteiger partial charge in [0.2, 0.25) is 5.91 Å². The van der Waals surface area contributed by atoms with E-state index in [0.29, 0.717) is 6.42 Å². The van der Waals surface area contributed by atoms with Crippen LogP contribution in [0.5, 0.6) is 0 Å². The number of aliphatic hydroxyl groups excluding tert-OH is 11. The summed E-state index contributed by atoms with van der Waals surface area (Å²) in [6.45, 7) is 1.61. The number of amides is 1. The van der Waals surface area contributed by atoms with Gasteiger partial charge < -0.3 is 89.9 Å². The van der Waals surface area contributed by atoms with Gasteiger partial charge in [0.05, 0.1) is 38.6 Å². The van der Waals surface area contributed by atoms with Crippen molar-refractivity contribution < 1.29 is 89.4 Å². The summed E-state index contributed by atoms with van der Waals surface area (Å²) in [6.07, 6.45) is 47.8. The Hall–Kier alpha value is -2.77. The second-order valence-corrected chi connectivity index (χ2v) is 27.1. The smallest absolute Gasteiger partial charge is 0.220 e. The van der Waals surface area contributed by atoms with Crippen molar-refractivity contribution in [2.75, 3.05) is 26.4 Å². The van der Waals surface area contributed by atoms with Crippen LogP contribution in [0.2, 0.25) is 0 Å². The van der Waals surface area contributed by atoms with Crippen molar-refractivity contribution in [3.63, 3.8) is 0 Å². The fourth-order valence-electron chi connectivity index (χ4n) is 12.6. The van der Waals surface area contributed by atoms with Gasteiger partial charge in [0.25, 0.3) is 0 Å². The maximum Gasteiger partial charge on any atom is 0.220 e. The molecule has 3 fully saturated rings. The van der Waals surface area contributed by atoms with Crippen molar-refractivity contribution in [3.05, 3.63) is 72.9 Å². The Bertz CT molecular complexity index is 2020. The first-order chi connectivity index (χ1) is 46.8. The van der Waals surface area contributed by atoms with Crippen molar-refractivity contribution in [1.82, 2.24) is 5.32 Å². The van der Waals surface area contributed by atoms with E-state index in [1.807, 2.05) is 6.08 Å². The average molecular weight is 1360 g/mol. The highest BCUT2D eigenvalue weighted by molar-refractivity contribution is 5.76. The van der Waals surface area contributed by atoms with Crippen molar-refractivity contribution >= 4 is 5.91 Å². The standard InChI is InChI=1S/C77H137NO18/c1-3-5-7-9-11-13-15-17-18-19-20-21-22-23-24-25-26-27-28-29-30-31-32-33-34-35-36-37-38-39-40-41-42-43-45-47-49-51-53-55-65(83)78-60(61(82)54-52-50-48-46-44-16-14-12-10-8-6-4-2)59-91-75-71(89)68(86)73(63(57-80)93-75)96-77-72(90)69(87)74(64(58-81)94-77)95-76-70(88)67(85)66(84)62(56-79)92-76/h5,7,11,13,17-18,20-21,23-24,52,54,60-64,66-77,79-82,84-90H,3-4,6,8-10,12,14-16,19,22,25-51,53,55-59H2,1-2H3,(H,78,83)/b7-5-,13-11-,18-17-,21-20-,24-23-,54-52+. The molecule has 0 aromatic rings. The number of carbonyl (C=O) groups excluding carboxylic acids is 1. The van der Waals surface area contributed by atoms with Crippen LogP contribution in [0.4, 0.5) is 0 Å². The van der Waals surface area contributed by atoms with E-state index in [-0.39, 0.29) is 18.9 Å². The maximum absolute atomic E-state index is 13.4. The summed E-state index contributed by atoms with van der Waals surface area (Å²) in [6, 6.07) is -0.972. The Morgan fingerprint density at radius 3 is 1.12 bits per heavy atom.